The molecule has 0 aliphatic heterocycles. The topological polar surface area (TPSA) is 34.8 Å². The molecule has 4 heteroatoms. The van der Waals surface area contributed by atoms with E-state index in [2.05, 4.69) is 60.1 Å². The summed E-state index contributed by atoms with van der Waals surface area (Å²) in [6.07, 6.45) is 3.13. The van der Waals surface area contributed by atoms with Gasteiger partial charge in [-0.3, -0.25) is 4.68 Å². The fourth-order valence-electron chi connectivity index (χ4n) is 2.44. The van der Waals surface area contributed by atoms with E-state index < -0.39 is 0 Å². The Morgan fingerprint density at radius 1 is 1.37 bits per heavy atom. The van der Waals surface area contributed by atoms with Gasteiger partial charge in [-0.25, -0.2) is 0 Å². The zero-order chi connectivity index (χ0) is 13.8. The van der Waals surface area contributed by atoms with Crippen LogP contribution in [-0.4, -0.2) is 20.9 Å². The van der Waals surface area contributed by atoms with E-state index in [1.54, 1.807) is 0 Å². The molecule has 0 saturated heterocycles. The second-order valence-electron chi connectivity index (χ2n) is 4.94. The number of nitrogens with one attached hydrogen (secondary N) is 1. The van der Waals surface area contributed by atoms with E-state index in [0.717, 1.165) is 25.2 Å². The second kappa shape index (κ2) is 6.06. The van der Waals surface area contributed by atoms with Gasteiger partial charge in [0.1, 0.15) is 0 Å². The summed E-state index contributed by atoms with van der Waals surface area (Å²) in [6, 6.07) is 6.87. The Kier molecular flexibility index (Phi) is 4.43. The third-order valence-corrected chi connectivity index (χ3v) is 3.54. The monoisotopic (exact) mass is 260 g/mol. The van der Waals surface area contributed by atoms with Crippen LogP contribution in [0.1, 0.15) is 43.9 Å². The first-order valence-corrected chi connectivity index (χ1v) is 7.05. The maximum absolute atomic E-state index is 4.51. The summed E-state index contributed by atoms with van der Waals surface area (Å²) in [6.45, 7) is 8.34. The lowest BCUT2D eigenvalue weighted by atomic mass is 10.2. The smallest absolute Gasteiger partial charge is 0.0642 e. The van der Waals surface area contributed by atoms with Crippen molar-refractivity contribution in [3.8, 4) is 0 Å². The van der Waals surface area contributed by atoms with Crippen LogP contribution in [0, 0.1) is 0 Å². The van der Waals surface area contributed by atoms with Crippen molar-refractivity contribution in [3.05, 3.63) is 41.5 Å². The van der Waals surface area contributed by atoms with Crippen molar-refractivity contribution < 1.29 is 0 Å². The molecule has 104 valence electrons. The first-order valence-electron chi connectivity index (χ1n) is 7.05. The fourth-order valence-corrected chi connectivity index (χ4v) is 2.44. The number of rotatable bonds is 6. The van der Waals surface area contributed by atoms with Crippen LogP contribution in [0.25, 0.3) is 0 Å². The number of aryl methyl sites for hydroxylation is 2. The molecule has 0 bridgehead atoms. The third-order valence-electron chi connectivity index (χ3n) is 3.54. The Morgan fingerprint density at radius 2 is 2.16 bits per heavy atom. The molecular formula is C15H24N4. The summed E-state index contributed by atoms with van der Waals surface area (Å²) >= 11 is 0. The Morgan fingerprint density at radius 3 is 2.79 bits per heavy atom. The first kappa shape index (κ1) is 13.9. The fraction of sp³-hybridized carbons (Fsp3) is 0.533. The standard InChI is InChI=1S/C15H24N4/c1-5-13-10-14(18(4)17-13)11-19-9-7-8-15(19)12(3)16-6-2/h7-10,12,16H,5-6,11H2,1-4H3. The highest BCUT2D eigenvalue weighted by molar-refractivity contribution is 5.16. The minimum Gasteiger partial charge on any atom is -0.344 e. The molecule has 2 heterocycles. The molecule has 0 fully saturated rings. The quantitative estimate of drug-likeness (QED) is 0.866. The molecule has 2 aromatic heterocycles. The van der Waals surface area contributed by atoms with Crippen LogP contribution >= 0.6 is 0 Å². The van der Waals surface area contributed by atoms with Gasteiger partial charge in [-0.05, 0) is 38.1 Å². The third kappa shape index (κ3) is 3.07. The highest BCUT2D eigenvalue weighted by Gasteiger charge is 2.11. The van der Waals surface area contributed by atoms with Gasteiger partial charge in [0.25, 0.3) is 0 Å². The van der Waals surface area contributed by atoms with Crippen molar-refractivity contribution in [1.29, 1.82) is 0 Å². The molecule has 1 unspecified atom stereocenters. The van der Waals surface area contributed by atoms with E-state index >= 15 is 0 Å². The highest BCUT2D eigenvalue weighted by Crippen LogP contribution is 2.15. The second-order valence-corrected chi connectivity index (χ2v) is 4.94. The molecule has 0 aliphatic carbocycles. The molecular weight excluding hydrogens is 236 g/mol. The van der Waals surface area contributed by atoms with Crippen LogP contribution < -0.4 is 5.32 Å². The predicted octanol–water partition coefficient (Wildman–Crippen LogP) is 2.50. The Hall–Kier alpha value is -1.55. The van der Waals surface area contributed by atoms with Crippen LogP contribution in [-0.2, 0) is 20.0 Å². The zero-order valence-corrected chi connectivity index (χ0v) is 12.3. The lowest BCUT2D eigenvalue weighted by Gasteiger charge is -2.16. The molecule has 0 aromatic carbocycles. The normalized spacial score (nSPS) is 12.8. The van der Waals surface area contributed by atoms with Gasteiger partial charge in [0.15, 0.2) is 0 Å². The molecule has 0 amide bonds. The molecule has 1 N–H and O–H groups in total. The predicted molar refractivity (Wildman–Crippen MR) is 78.2 cm³/mol. The van der Waals surface area contributed by atoms with Crippen molar-refractivity contribution >= 4 is 0 Å². The number of nitrogens with zero attached hydrogens (tertiary/aromatic N) is 3. The van der Waals surface area contributed by atoms with Crippen molar-refractivity contribution in [2.75, 3.05) is 6.54 Å². The van der Waals surface area contributed by atoms with Crippen LogP contribution in [0.2, 0.25) is 0 Å². The maximum Gasteiger partial charge on any atom is 0.0642 e. The van der Waals surface area contributed by atoms with Gasteiger partial charge in [0.05, 0.1) is 17.9 Å². The van der Waals surface area contributed by atoms with E-state index in [1.165, 1.54) is 11.4 Å². The van der Waals surface area contributed by atoms with Crippen molar-refractivity contribution in [3.63, 3.8) is 0 Å². The van der Waals surface area contributed by atoms with Gasteiger partial charge in [-0.15, -0.1) is 0 Å². The molecule has 0 saturated carbocycles. The van der Waals surface area contributed by atoms with Gasteiger partial charge in [0.2, 0.25) is 0 Å². The lowest BCUT2D eigenvalue weighted by Crippen LogP contribution is -2.21. The number of hydrogen-bond acceptors (Lipinski definition) is 2. The minimum atomic E-state index is 0.374. The van der Waals surface area contributed by atoms with Gasteiger partial charge >= 0.3 is 0 Å². The first-order chi connectivity index (χ1) is 9.15. The van der Waals surface area contributed by atoms with Gasteiger partial charge in [-0.1, -0.05) is 13.8 Å². The largest absolute Gasteiger partial charge is 0.344 e. The minimum absolute atomic E-state index is 0.374. The molecule has 2 aromatic rings. The zero-order valence-electron chi connectivity index (χ0n) is 12.3. The summed E-state index contributed by atoms with van der Waals surface area (Å²) < 4.78 is 4.28. The van der Waals surface area contributed by atoms with Crippen molar-refractivity contribution in [2.45, 2.75) is 39.8 Å². The average molecular weight is 260 g/mol. The van der Waals surface area contributed by atoms with E-state index in [1.807, 2.05) is 11.7 Å². The van der Waals surface area contributed by atoms with E-state index in [4.69, 9.17) is 0 Å². The van der Waals surface area contributed by atoms with Crippen LogP contribution in [0.5, 0.6) is 0 Å². The molecule has 0 spiro atoms. The Bertz CT molecular complexity index is 524. The maximum atomic E-state index is 4.51. The van der Waals surface area contributed by atoms with Gasteiger partial charge in [-0.2, -0.15) is 5.10 Å². The molecule has 4 nitrogen and oxygen atoms in total. The Balaban J connectivity index is 2.19. The van der Waals surface area contributed by atoms with E-state index in [0.29, 0.717) is 6.04 Å². The number of aromatic nitrogens is 3. The molecule has 0 radical (unpaired) electrons. The number of hydrogen-bond donors (Lipinski definition) is 1. The van der Waals surface area contributed by atoms with Gasteiger partial charge in [0, 0.05) is 25.0 Å². The van der Waals surface area contributed by atoms with Crippen molar-refractivity contribution in [1.82, 2.24) is 19.7 Å². The molecule has 1 atom stereocenters. The highest BCUT2D eigenvalue weighted by atomic mass is 15.3. The van der Waals surface area contributed by atoms with Crippen LogP contribution in [0.4, 0.5) is 0 Å². The van der Waals surface area contributed by atoms with E-state index in [9.17, 15) is 0 Å². The average Bonchev–Trinajstić information content (AvgIpc) is 2.98. The summed E-state index contributed by atoms with van der Waals surface area (Å²) in [7, 11) is 2.02. The van der Waals surface area contributed by atoms with Gasteiger partial charge < -0.3 is 9.88 Å². The molecule has 19 heavy (non-hydrogen) atoms. The summed E-state index contributed by atoms with van der Waals surface area (Å²) in [5.41, 5.74) is 3.73. The SMILES string of the molecule is CCNC(C)c1cccn1Cc1cc(CC)nn1C. The molecule has 0 aliphatic rings. The van der Waals surface area contributed by atoms with Crippen molar-refractivity contribution in [2.24, 2.45) is 7.05 Å². The summed E-state index contributed by atoms with van der Waals surface area (Å²) in [5.74, 6) is 0. The van der Waals surface area contributed by atoms with Crippen LogP contribution in [0.3, 0.4) is 0 Å². The molecule has 2 rings (SSSR count). The summed E-state index contributed by atoms with van der Waals surface area (Å²) in [4.78, 5) is 0. The lowest BCUT2D eigenvalue weighted by molar-refractivity contribution is 0.545. The summed E-state index contributed by atoms with van der Waals surface area (Å²) in [5, 5.41) is 7.97. The van der Waals surface area contributed by atoms with E-state index in [-0.39, 0.29) is 0 Å². The Labute approximate surface area is 115 Å². The van der Waals surface area contributed by atoms with Crippen LogP contribution in [0.15, 0.2) is 24.4 Å².